The molecule has 182 valence electrons. The summed E-state index contributed by atoms with van der Waals surface area (Å²) < 4.78 is 2.08. The Labute approximate surface area is 216 Å². The van der Waals surface area contributed by atoms with Crippen LogP contribution in [0.3, 0.4) is 0 Å². The molecule has 9 heteroatoms. The highest BCUT2D eigenvalue weighted by molar-refractivity contribution is 7.96. The summed E-state index contributed by atoms with van der Waals surface area (Å²) in [5.74, 6) is 1.29. The van der Waals surface area contributed by atoms with Gasteiger partial charge in [-0.1, -0.05) is 74.2 Å². The number of nitrogens with zero attached hydrogens (tertiary/aromatic N) is 2. The third-order valence-corrected chi connectivity index (χ3v) is 6.70. The number of likely N-dealkylation sites (tertiary alicyclic amines) is 1. The van der Waals surface area contributed by atoms with E-state index in [1.165, 1.54) is 16.3 Å². The fourth-order valence-electron chi connectivity index (χ4n) is 4.07. The summed E-state index contributed by atoms with van der Waals surface area (Å²) in [7, 11) is 11.0. The maximum atomic E-state index is 12.4. The van der Waals surface area contributed by atoms with Gasteiger partial charge in [0.15, 0.2) is 0 Å². The van der Waals surface area contributed by atoms with E-state index < -0.39 is 11.2 Å². The molecule has 3 rings (SSSR count). The smallest absolute Gasteiger partial charge is 0.239 e. The number of carbonyl (C=O) groups is 2. The van der Waals surface area contributed by atoms with Gasteiger partial charge in [0.2, 0.25) is 11.8 Å². The first-order valence-electron chi connectivity index (χ1n) is 11.9. The van der Waals surface area contributed by atoms with Crippen molar-refractivity contribution in [1.82, 2.24) is 19.8 Å². The van der Waals surface area contributed by atoms with Crippen molar-refractivity contribution in [2.75, 3.05) is 32.4 Å². The van der Waals surface area contributed by atoms with E-state index in [4.69, 9.17) is 22.1 Å². The highest BCUT2D eigenvalue weighted by atomic mass is 32.2. The number of carbonyl (C=O) groups excluding carboxylic acids is 2. The monoisotopic (exact) mass is 488 g/mol. The van der Waals surface area contributed by atoms with Crippen molar-refractivity contribution in [3.8, 4) is 12.3 Å². The van der Waals surface area contributed by atoms with Crippen LogP contribution in [0.1, 0.15) is 32.3 Å². The number of hydrogen-bond acceptors (Lipinski definition) is 5. The van der Waals surface area contributed by atoms with Crippen molar-refractivity contribution < 1.29 is 9.59 Å². The average molecular weight is 488 g/mol. The number of amides is 2. The molecule has 0 unspecified atom stereocenters. The highest BCUT2D eigenvalue weighted by Gasteiger charge is 2.26. The minimum atomic E-state index is -1.73. The molecule has 2 amide bonds. The first-order valence-corrected chi connectivity index (χ1v) is 13.1. The van der Waals surface area contributed by atoms with Crippen molar-refractivity contribution in [2.24, 2.45) is 0 Å². The van der Waals surface area contributed by atoms with Gasteiger partial charge in [0.1, 0.15) is 15.7 Å². The average Bonchev–Trinajstić information content (AvgIpc) is 2.88. The van der Waals surface area contributed by atoms with Crippen LogP contribution < -0.4 is 10.6 Å². The maximum absolute atomic E-state index is 12.4. The van der Waals surface area contributed by atoms with Gasteiger partial charge < -0.3 is 10.6 Å². The van der Waals surface area contributed by atoms with Gasteiger partial charge in [-0.3, -0.25) is 14.5 Å². The third-order valence-electron chi connectivity index (χ3n) is 5.80. The molecule has 0 atom stereocenters. The lowest BCUT2D eigenvalue weighted by Crippen LogP contribution is -2.52. The molecule has 0 spiro atoms. The highest BCUT2D eigenvalue weighted by Crippen LogP contribution is 2.25. The summed E-state index contributed by atoms with van der Waals surface area (Å²) in [6, 6.07) is 15.2. The zero-order valence-corrected chi connectivity index (χ0v) is 21.7. The van der Waals surface area contributed by atoms with Gasteiger partial charge in [-0.25, -0.2) is 4.31 Å². The molecule has 0 aliphatic carbocycles. The summed E-state index contributed by atoms with van der Waals surface area (Å²) in [5.41, 5.74) is 1.34. The van der Waals surface area contributed by atoms with Crippen molar-refractivity contribution in [2.45, 2.75) is 44.6 Å². The molecule has 1 saturated heterocycles. The van der Waals surface area contributed by atoms with Crippen molar-refractivity contribution >= 4 is 50.2 Å². The number of rotatable bonds is 9. The topological polar surface area (TPSA) is 64.7 Å². The Morgan fingerprint density at radius 2 is 1.80 bits per heavy atom. The van der Waals surface area contributed by atoms with E-state index in [0.29, 0.717) is 6.04 Å². The Balaban J connectivity index is 0.00000210. The Morgan fingerprint density at radius 3 is 2.46 bits per heavy atom. The second kappa shape index (κ2) is 14.2. The summed E-state index contributed by atoms with van der Waals surface area (Å²) in [4.78, 5) is 26.7. The Morgan fingerprint density at radius 1 is 1.14 bits per heavy atom. The Bertz CT molecular complexity index is 1010. The van der Waals surface area contributed by atoms with Crippen LogP contribution in [-0.4, -0.2) is 80.5 Å². The van der Waals surface area contributed by atoms with Crippen LogP contribution >= 0.6 is 11.9 Å². The number of terminal acetylenes is 1. The van der Waals surface area contributed by atoms with Gasteiger partial charge in [0, 0.05) is 31.0 Å². The van der Waals surface area contributed by atoms with Gasteiger partial charge in [0.05, 0.1) is 13.1 Å². The van der Waals surface area contributed by atoms with Gasteiger partial charge in [-0.05, 0) is 35.4 Å². The molecule has 2 N–H and O–H groups in total. The standard InChI is InChI=1S/C24H28B2N4O2S.C2H6/c1-3-24(25,26)28-22(31)15-27-23(32)17-30(33-2)20-11-13-29(14-12-20)16-19-9-6-8-18-7-4-5-10-21(18)19;1-2/h1,4-10,20H,11-17H2,2H3,(H,27,32)(H,28,31);1-2H3. The van der Waals surface area contributed by atoms with Gasteiger partial charge in [0.25, 0.3) is 0 Å². The Hall–Kier alpha value is -2.40. The molecular weight excluding hydrogens is 454 g/mol. The van der Waals surface area contributed by atoms with Crippen LogP contribution in [0.5, 0.6) is 0 Å². The van der Waals surface area contributed by atoms with Crippen molar-refractivity contribution in [3.63, 3.8) is 0 Å². The van der Waals surface area contributed by atoms with Gasteiger partial charge in [-0.15, -0.1) is 6.42 Å². The van der Waals surface area contributed by atoms with Crippen LogP contribution in [0.15, 0.2) is 42.5 Å². The number of hydrogen-bond donors (Lipinski definition) is 2. The summed E-state index contributed by atoms with van der Waals surface area (Å²) in [6.07, 6.45) is 9.06. The van der Waals surface area contributed by atoms with Crippen molar-refractivity contribution in [1.29, 1.82) is 0 Å². The SMILES string of the molecule is CC.[B]C([B])(C#C)NC(=O)CNC(=O)CN(SC)C1CCN(Cc2cccc3ccccc23)CC1. The molecule has 0 saturated carbocycles. The zero-order chi connectivity index (χ0) is 25.8. The molecular formula is C26H34B2N4O2S. The first kappa shape index (κ1) is 28.8. The number of piperidine rings is 1. The Kier molecular flexibility index (Phi) is 11.7. The van der Waals surface area contributed by atoms with E-state index in [1.807, 2.05) is 20.1 Å². The molecule has 1 aliphatic heterocycles. The minimum absolute atomic E-state index is 0.202. The molecule has 1 heterocycles. The van der Waals surface area contributed by atoms with E-state index in [9.17, 15) is 9.59 Å². The molecule has 6 nitrogen and oxygen atoms in total. The molecule has 2 aromatic rings. The van der Waals surface area contributed by atoms with E-state index in [0.717, 1.165) is 32.5 Å². The minimum Gasteiger partial charge on any atom is -0.355 e. The van der Waals surface area contributed by atoms with Crippen molar-refractivity contribution in [3.05, 3.63) is 48.0 Å². The van der Waals surface area contributed by atoms with Crippen LogP contribution in [0.4, 0.5) is 0 Å². The normalized spacial score (nSPS) is 14.6. The molecule has 0 aromatic heterocycles. The molecule has 1 aliphatic rings. The summed E-state index contributed by atoms with van der Waals surface area (Å²) in [6.45, 7) is 6.83. The number of fused-ring (bicyclic) bond motifs is 1. The summed E-state index contributed by atoms with van der Waals surface area (Å²) >= 11 is 1.55. The lowest BCUT2D eigenvalue weighted by molar-refractivity contribution is -0.126. The molecule has 4 radical (unpaired) electrons. The second-order valence-electron chi connectivity index (χ2n) is 8.24. The lowest BCUT2D eigenvalue weighted by atomic mass is 9.62. The largest absolute Gasteiger partial charge is 0.355 e. The second-order valence-corrected chi connectivity index (χ2v) is 9.08. The fraction of sp³-hybridized carbons (Fsp3) is 0.462. The zero-order valence-electron chi connectivity index (χ0n) is 20.9. The van der Waals surface area contributed by atoms with Crippen LogP contribution in [-0.2, 0) is 16.1 Å². The molecule has 35 heavy (non-hydrogen) atoms. The van der Waals surface area contributed by atoms with E-state index in [-0.39, 0.29) is 19.0 Å². The van der Waals surface area contributed by atoms with E-state index in [2.05, 4.69) is 68.2 Å². The van der Waals surface area contributed by atoms with Crippen LogP contribution in [0.2, 0.25) is 0 Å². The number of benzene rings is 2. The quantitative estimate of drug-likeness (QED) is 0.322. The number of nitrogens with one attached hydrogen (secondary N) is 2. The molecule has 2 aromatic carbocycles. The molecule has 1 fully saturated rings. The first-order chi connectivity index (χ1) is 16.8. The van der Waals surface area contributed by atoms with Crippen LogP contribution in [0.25, 0.3) is 10.8 Å². The van der Waals surface area contributed by atoms with E-state index >= 15 is 0 Å². The van der Waals surface area contributed by atoms with Gasteiger partial charge in [-0.2, -0.15) is 0 Å². The van der Waals surface area contributed by atoms with Gasteiger partial charge >= 0.3 is 0 Å². The van der Waals surface area contributed by atoms with Crippen LogP contribution in [0, 0.1) is 12.3 Å². The lowest BCUT2D eigenvalue weighted by Gasteiger charge is -2.37. The van der Waals surface area contributed by atoms with E-state index in [1.54, 1.807) is 11.9 Å². The summed E-state index contributed by atoms with van der Waals surface area (Å²) in [5, 5.41) is 5.70. The molecule has 0 bridgehead atoms. The predicted molar refractivity (Wildman–Crippen MR) is 148 cm³/mol. The third kappa shape index (κ3) is 8.96. The maximum Gasteiger partial charge on any atom is 0.239 e. The predicted octanol–water partition coefficient (Wildman–Crippen LogP) is 2.27. The fourth-order valence-corrected chi connectivity index (χ4v) is 4.82.